The molecule has 23 heavy (non-hydrogen) atoms. The van der Waals surface area contributed by atoms with Crippen LogP contribution < -0.4 is 14.2 Å². The van der Waals surface area contributed by atoms with E-state index in [0.29, 0.717) is 0 Å². The summed E-state index contributed by atoms with van der Waals surface area (Å²) in [7, 11) is 4.96. The third-order valence-electron chi connectivity index (χ3n) is 3.50. The summed E-state index contributed by atoms with van der Waals surface area (Å²) in [5, 5.41) is 2.95. The van der Waals surface area contributed by atoms with Crippen LogP contribution in [0.4, 0.5) is 0 Å². The van der Waals surface area contributed by atoms with E-state index in [4.69, 9.17) is 19.2 Å². The zero-order chi connectivity index (χ0) is 16.2. The first-order valence-corrected chi connectivity index (χ1v) is 7.95. The molecule has 0 atom stereocenters. The Hall–Kier alpha value is -2.53. The molecule has 0 spiro atoms. The van der Waals surface area contributed by atoms with Crippen molar-refractivity contribution in [3.05, 3.63) is 47.8 Å². The van der Waals surface area contributed by atoms with E-state index in [1.54, 1.807) is 32.7 Å². The van der Waals surface area contributed by atoms with Crippen LogP contribution in [-0.4, -0.2) is 26.3 Å². The molecule has 0 saturated carbocycles. The predicted molar refractivity (Wildman–Crippen MR) is 92.6 cm³/mol. The fourth-order valence-electron chi connectivity index (χ4n) is 2.30. The molecule has 0 N–H and O–H groups in total. The zero-order valence-electron chi connectivity index (χ0n) is 13.2. The molecule has 0 aliphatic heterocycles. The van der Waals surface area contributed by atoms with E-state index in [2.05, 4.69) is 0 Å². The first kappa shape index (κ1) is 15.4. The maximum atomic E-state index is 5.44. The van der Waals surface area contributed by atoms with Gasteiger partial charge >= 0.3 is 0 Å². The van der Waals surface area contributed by atoms with E-state index >= 15 is 0 Å². The number of nitrogens with zero attached hydrogens (tertiary/aromatic N) is 1. The van der Waals surface area contributed by atoms with Crippen LogP contribution in [0.3, 0.4) is 0 Å². The summed E-state index contributed by atoms with van der Waals surface area (Å²) >= 11 is 1.59. The molecule has 3 rings (SSSR count). The van der Waals surface area contributed by atoms with Gasteiger partial charge in [0.2, 0.25) is 0 Å². The molecule has 0 saturated heterocycles. The van der Waals surface area contributed by atoms with E-state index < -0.39 is 0 Å². The molecule has 4 nitrogen and oxygen atoms in total. The van der Waals surface area contributed by atoms with Crippen LogP contribution in [0.25, 0.3) is 21.8 Å². The highest BCUT2D eigenvalue weighted by Gasteiger charge is 2.12. The number of benzene rings is 2. The second kappa shape index (κ2) is 6.71. The standard InChI is InChI=1S/C18H17NO3S/c1-20-13-6-4-5-12(9-13)18-19-16(11-23-18)15-10-14(21-2)7-8-17(15)22-3/h4-11H,1-3H3. The minimum Gasteiger partial charge on any atom is -0.497 e. The van der Waals surface area contributed by atoms with Crippen molar-refractivity contribution in [1.82, 2.24) is 4.98 Å². The molecule has 0 unspecified atom stereocenters. The summed E-state index contributed by atoms with van der Waals surface area (Å²) in [6.45, 7) is 0. The highest BCUT2D eigenvalue weighted by Crippen LogP contribution is 2.36. The van der Waals surface area contributed by atoms with Gasteiger partial charge in [-0.3, -0.25) is 0 Å². The molecule has 0 aliphatic rings. The molecule has 5 heteroatoms. The molecule has 0 radical (unpaired) electrons. The van der Waals surface area contributed by atoms with Crippen molar-refractivity contribution in [3.8, 4) is 39.1 Å². The molecule has 0 fully saturated rings. The van der Waals surface area contributed by atoms with E-state index in [1.807, 2.05) is 47.8 Å². The Morgan fingerprint density at radius 2 is 1.65 bits per heavy atom. The first-order valence-electron chi connectivity index (χ1n) is 7.07. The van der Waals surface area contributed by atoms with Gasteiger partial charge in [0, 0.05) is 16.5 Å². The second-order valence-electron chi connectivity index (χ2n) is 4.84. The average Bonchev–Trinajstić information content (AvgIpc) is 3.11. The first-order chi connectivity index (χ1) is 11.2. The molecular formula is C18H17NO3S. The monoisotopic (exact) mass is 327 g/mol. The normalized spacial score (nSPS) is 10.4. The predicted octanol–water partition coefficient (Wildman–Crippen LogP) is 4.50. The summed E-state index contributed by atoms with van der Waals surface area (Å²) < 4.78 is 16.0. The van der Waals surface area contributed by atoms with E-state index in [-0.39, 0.29) is 0 Å². The Kier molecular flexibility index (Phi) is 4.48. The van der Waals surface area contributed by atoms with Crippen molar-refractivity contribution < 1.29 is 14.2 Å². The fourth-order valence-corrected chi connectivity index (χ4v) is 3.12. The van der Waals surface area contributed by atoms with Crippen molar-refractivity contribution in [1.29, 1.82) is 0 Å². The van der Waals surface area contributed by atoms with Crippen molar-refractivity contribution in [2.24, 2.45) is 0 Å². The van der Waals surface area contributed by atoms with E-state index in [1.165, 1.54) is 0 Å². The van der Waals surface area contributed by atoms with Gasteiger partial charge in [0.15, 0.2) is 0 Å². The van der Waals surface area contributed by atoms with Crippen molar-refractivity contribution in [2.75, 3.05) is 21.3 Å². The Labute approximate surface area is 139 Å². The minimum atomic E-state index is 0.772. The summed E-state index contributed by atoms with van der Waals surface area (Å²) in [6.07, 6.45) is 0. The van der Waals surface area contributed by atoms with Crippen LogP contribution in [0, 0.1) is 0 Å². The number of hydrogen-bond acceptors (Lipinski definition) is 5. The van der Waals surface area contributed by atoms with Gasteiger partial charge in [-0.15, -0.1) is 11.3 Å². The van der Waals surface area contributed by atoms with Crippen LogP contribution in [0.5, 0.6) is 17.2 Å². The largest absolute Gasteiger partial charge is 0.497 e. The Morgan fingerprint density at radius 1 is 0.870 bits per heavy atom. The third-order valence-corrected chi connectivity index (χ3v) is 4.39. The smallest absolute Gasteiger partial charge is 0.128 e. The van der Waals surface area contributed by atoms with Gasteiger partial charge in [-0.05, 0) is 30.3 Å². The topological polar surface area (TPSA) is 40.6 Å². The quantitative estimate of drug-likeness (QED) is 0.691. The van der Waals surface area contributed by atoms with Gasteiger partial charge in [0.25, 0.3) is 0 Å². The van der Waals surface area contributed by atoms with Gasteiger partial charge in [-0.25, -0.2) is 4.98 Å². The molecule has 0 aliphatic carbocycles. The Bertz CT molecular complexity index is 814. The van der Waals surface area contributed by atoms with Crippen LogP contribution >= 0.6 is 11.3 Å². The van der Waals surface area contributed by atoms with Crippen molar-refractivity contribution in [2.45, 2.75) is 0 Å². The highest BCUT2D eigenvalue weighted by molar-refractivity contribution is 7.13. The summed E-state index contributed by atoms with van der Waals surface area (Å²) in [4.78, 5) is 4.74. The van der Waals surface area contributed by atoms with Gasteiger partial charge in [0.05, 0.1) is 27.0 Å². The highest BCUT2D eigenvalue weighted by atomic mass is 32.1. The Balaban J connectivity index is 2.01. The number of hydrogen-bond donors (Lipinski definition) is 0. The van der Waals surface area contributed by atoms with Crippen molar-refractivity contribution in [3.63, 3.8) is 0 Å². The molecule has 3 aromatic rings. The fraction of sp³-hybridized carbons (Fsp3) is 0.167. The van der Waals surface area contributed by atoms with E-state index in [0.717, 1.165) is 39.1 Å². The maximum Gasteiger partial charge on any atom is 0.128 e. The number of thiazole rings is 1. The van der Waals surface area contributed by atoms with Gasteiger partial charge in [0.1, 0.15) is 22.3 Å². The second-order valence-corrected chi connectivity index (χ2v) is 5.69. The van der Waals surface area contributed by atoms with Crippen LogP contribution in [0.15, 0.2) is 47.8 Å². The summed E-state index contributed by atoms with van der Waals surface area (Å²) in [5.74, 6) is 2.36. The minimum absolute atomic E-state index is 0.772. The van der Waals surface area contributed by atoms with Crippen LogP contribution in [-0.2, 0) is 0 Å². The lowest BCUT2D eigenvalue weighted by Crippen LogP contribution is -1.90. The summed E-state index contributed by atoms with van der Waals surface area (Å²) in [6, 6.07) is 13.6. The molecule has 118 valence electrons. The lowest BCUT2D eigenvalue weighted by atomic mass is 10.1. The zero-order valence-corrected chi connectivity index (χ0v) is 14.0. The molecular weight excluding hydrogens is 310 g/mol. The maximum absolute atomic E-state index is 5.44. The van der Waals surface area contributed by atoms with Gasteiger partial charge in [-0.1, -0.05) is 12.1 Å². The molecule has 0 amide bonds. The average molecular weight is 327 g/mol. The van der Waals surface area contributed by atoms with Crippen LogP contribution in [0.1, 0.15) is 0 Å². The SMILES string of the molecule is COc1cccc(-c2nc(-c3cc(OC)ccc3OC)cs2)c1. The number of methoxy groups -OCH3 is 3. The number of rotatable bonds is 5. The van der Waals surface area contributed by atoms with Gasteiger partial charge < -0.3 is 14.2 Å². The third kappa shape index (κ3) is 3.14. The molecule has 1 heterocycles. The molecule has 2 aromatic carbocycles. The van der Waals surface area contributed by atoms with Crippen LogP contribution in [0.2, 0.25) is 0 Å². The molecule has 0 bridgehead atoms. The van der Waals surface area contributed by atoms with Crippen molar-refractivity contribution >= 4 is 11.3 Å². The van der Waals surface area contributed by atoms with Gasteiger partial charge in [-0.2, -0.15) is 0 Å². The number of ether oxygens (including phenoxy) is 3. The Morgan fingerprint density at radius 3 is 2.39 bits per heavy atom. The lowest BCUT2D eigenvalue weighted by molar-refractivity contribution is 0.404. The van der Waals surface area contributed by atoms with E-state index in [9.17, 15) is 0 Å². The summed E-state index contributed by atoms with van der Waals surface area (Å²) in [5.41, 5.74) is 2.81. The lowest BCUT2D eigenvalue weighted by Gasteiger charge is -2.08. The molecule has 1 aromatic heterocycles. The number of aromatic nitrogens is 1.